The first-order valence-electron chi connectivity index (χ1n) is 11.5. The number of hydrogen-bond acceptors (Lipinski definition) is 5. The Kier molecular flexibility index (Phi) is 6.68. The smallest absolute Gasteiger partial charge is 0.336 e. The number of carbonyl (C=O) groups is 2. The quantitative estimate of drug-likeness (QED) is 0.615. The molecule has 4 rings (SSSR count). The molecule has 1 heterocycles. The van der Waals surface area contributed by atoms with Crippen LogP contribution in [0.1, 0.15) is 56.6 Å². The van der Waals surface area contributed by atoms with E-state index in [1.807, 2.05) is 63.2 Å². The van der Waals surface area contributed by atoms with Gasteiger partial charge in [0.25, 0.3) is 0 Å². The summed E-state index contributed by atoms with van der Waals surface area (Å²) in [5, 5.41) is 3.40. The van der Waals surface area contributed by atoms with Crippen molar-refractivity contribution in [3.05, 3.63) is 88.3 Å². The van der Waals surface area contributed by atoms with Crippen molar-refractivity contribution in [1.29, 1.82) is 0 Å². The maximum atomic E-state index is 13.6. The first kappa shape index (κ1) is 22.8. The van der Waals surface area contributed by atoms with Gasteiger partial charge < -0.3 is 14.8 Å². The second-order valence-electron chi connectivity index (χ2n) is 9.16. The van der Waals surface area contributed by atoms with E-state index in [-0.39, 0.29) is 17.6 Å². The van der Waals surface area contributed by atoms with Crippen LogP contribution >= 0.6 is 0 Å². The van der Waals surface area contributed by atoms with Crippen LogP contribution in [0.4, 0.5) is 0 Å². The summed E-state index contributed by atoms with van der Waals surface area (Å²) in [4.78, 5) is 26.9. The molecule has 5 nitrogen and oxygen atoms in total. The topological polar surface area (TPSA) is 64.6 Å². The third-order valence-electron chi connectivity index (χ3n) is 6.32. The fraction of sp³-hybridized carbons (Fsp3) is 0.357. The maximum absolute atomic E-state index is 13.6. The number of Topliss-reactive ketones (excluding diaryl/α,β-unsaturated/α-hetero) is 1. The van der Waals surface area contributed by atoms with Crippen LogP contribution < -0.4 is 10.1 Å². The van der Waals surface area contributed by atoms with Crippen molar-refractivity contribution >= 4 is 11.8 Å². The van der Waals surface area contributed by atoms with Crippen LogP contribution in [0, 0.1) is 5.92 Å². The Hall–Kier alpha value is -3.34. The molecule has 0 spiro atoms. The van der Waals surface area contributed by atoms with E-state index < -0.39 is 11.9 Å². The van der Waals surface area contributed by atoms with Crippen LogP contribution in [0.2, 0.25) is 0 Å². The van der Waals surface area contributed by atoms with Crippen LogP contribution in [0.5, 0.6) is 5.75 Å². The van der Waals surface area contributed by atoms with E-state index in [2.05, 4.69) is 17.4 Å². The number of ketones is 1. The molecule has 2 aromatic carbocycles. The lowest BCUT2D eigenvalue weighted by atomic mass is 9.71. The van der Waals surface area contributed by atoms with E-state index in [4.69, 9.17) is 9.47 Å². The van der Waals surface area contributed by atoms with E-state index in [0.29, 0.717) is 36.3 Å². The fourth-order valence-electron chi connectivity index (χ4n) is 4.81. The molecule has 2 aromatic rings. The lowest BCUT2D eigenvalue weighted by Gasteiger charge is -2.37. The molecule has 33 heavy (non-hydrogen) atoms. The van der Waals surface area contributed by atoms with Gasteiger partial charge in [-0.15, -0.1) is 0 Å². The number of hydrogen-bond donors (Lipinski definition) is 1. The molecule has 172 valence electrons. The number of benzene rings is 2. The van der Waals surface area contributed by atoms with Gasteiger partial charge in [0, 0.05) is 29.0 Å². The number of nitrogens with one attached hydrogen (secondary N) is 1. The third-order valence-corrected chi connectivity index (χ3v) is 6.32. The minimum absolute atomic E-state index is 0.0511. The van der Waals surface area contributed by atoms with Gasteiger partial charge in [0.2, 0.25) is 0 Å². The standard InChI is InChI=1S/C28H31NO4/c1-17(2)16-33-28(31)25-18(3)29-22-14-20(19-10-6-5-7-11-19)15-23(30)27(22)26(25)21-12-8-9-13-24(21)32-4/h5-13,17,20,26,29H,14-16H2,1-4H3/t20-,26-/m0/s1. The van der Waals surface area contributed by atoms with Gasteiger partial charge in [0.15, 0.2) is 5.78 Å². The minimum atomic E-state index is -0.527. The molecule has 0 bridgehead atoms. The molecule has 1 aliphatic carbocycles. The molecule has 0 saturated carbocycles. The molecular formula is C28H31NO4. The number of carbonyl (C=O) groups excluding carboxylic acids is 2. The lowest BCUT2D eigenvalue weighted by molar-refractivity contribution is -0.140. The highest BCUT2D eigenvalue weighted by Gasteiger charge is 2.42. The van der Waals surface area contributed by atoms with Crippen LogP contribution in [-0.4, -0.2) is 25.5 Å². The molecule has 0 amide bonds. The van der Waals surface area contributed by atoms with Gasteiger partial charge in [-0.25, -0.2) is 4.79 Å². The van der Waals surface area contributed by atoms with E-state index in [1.54, 1.807) is 7.11 Å². The van der Waals surface area contributed by atoms with Crippen LogP contribution in [0.15, 0.2) is 77.1 Å². The van der Waals surface area contributed by atoms with Gasteiger partial charge in [0.1, 0.15) is 5.75 Å². The van der Waals surface area contributed by atoms with Gasteiger partial charge in [0.05, 0.1) is 25.2 Å². The largest absolute Gasteiger partial charge is 0.496 e. The summed E-state index contributed by atoms with van der Waals surface area (Å²) in [6.45, 7) is 6.21. The van der Waals surface area contributed by atoms with Crippen molar-refractivity contribution in [2.45, 2.75) is 45.4 Å². The first-order chi connectivity index (χ1) is 15.9. The minimum Gasteiger partial charge on any atom is -0.496 e. The lowest BCUT2D eigenvalue weighted by Crippen LogP contribution is -2.36. The highest BCUT2D eigenvalue weighted by Crippen LogP contribution is 2.47. The van der Waals surface area contributed by atoms with Crippen molar-refractivity contribution in [3.8, 4) is 5.75 Å². The number of dihydropyridines is 1. The molecule has 0 fully saturated rings. The third kappa shape index (κ3) is 4.58. The van der Waals surface area contributed by atoms with Crippen molar-refractivity contribution < 1.29 is 19.1 Å². The number of ether oxygens (including phenoxy) is 2. The number of rotatable bonds is 6. The Bertz CT molecular complexity index is 1110. The normalized spacial score (nSPS) is 20.5. The number of esters is 1. The number of para-hydroxylation sites is 1. The number of allylic oxidation sites excluding steroid dienone is 3. The monoisotopic (exact) mass is 445 g/mol. The van der Waals surface area contributed by atoms with Gasteiger partial charge in [-0.2, -0.15) is 0 Å². The summed E-state index contributed by atoms with van der Waals surface area (Å²) >= 11 is 0. The second kappa shape index (κ2) is 9.65. The first-order valence-corrected chi connectivity index (χ1v) is 11.5. The van der Waals surface area contributed by atoms with Gasteiger partial charge >= 0.3 is 5.97 Å². The molecule has 0 saturated heterocycles. The highest BCUT2D eigenvalue weighted by atomic mass is 16.5. The average Bonchev–Trinajstić information content (AvgIpc) is 2.82. The van der Waals surface area contributed by atoms with E-state index in [0.717, 1.165) is 22.5 Å². The Balaban J connectivity index is 1.80. The van der Waals surface area contributed by atoms with E-state index in [1.165, 1.54) is 0 Å². The SMILES string of the molecule is COc1ccccc1[C@H]1C(C(=O)OCC(C)C)=C(C)NC2=C1C(=O)C[C@@H](c1ccccc1)C2. The number of methoxy groups -OCH3 is 1. The molecular weight excluding hydrogens is 414 g/mol. The Morgan fingerprint density at radius 2 is 1.76 bits per heavy atom. The molecule has 2 aliphatic rings. The average molecular weight is 446 g/mol. The molecule has 0 unspecified atom stereocenters. The maximum Gasteiger partial charge on any atom is 0.336 e. The zero-order chi connectivity index (χ0) is 23.5. The van der Waals surface area contributed by atoms with Crippen LogP contribution in [0.25, 0.3) is 0 Å². The van der Waals surface area contributed by atoms with Crippen molar-refractivity contribution in [3.63, 3.8) is 0 Å². The summed E-state index contributed by atoms with van der Waals surface area (Å²) in [6, 6.07) is 17.7. The predicted octanol–water partition coefficient (Wildman–Crippen LogP) is 5.26. The van der Waals surface area contributed by atoms with Gasteiger partial charge in [-0.05, 0) is 36.8 Å². The zero-order valence-electron chi connectivity index (χ0n) is 19.7. The van der Waals surface area contributed by atoms with Crippen LogP contribution in [0.3, 0.4) is 0 Å². The van der Waals surface area contributed by atoms with Gasteiger partial charge in [-0.1, -0.05) is 62.4 Å². The van der Waals surface area contributed by atoms with Gasteiger partial charge in [-0.3, -0.25) is 4.79 Å². The van der Waals surface area contributed by atoms with E-state index in [9.17, 15) is 9.59 Å². The molecule has 0 aromatic heterocycles. The summed E-state index contributed by atoms with van der Waals surface area (Å²) in [6.07, 6.45) is 1.12. The fourth-order valence-corrected chi connectivity index (χ4v) is 4.81. The summed E-state index contributed by atoms with van der Waals surface area (Å²) in [5.41, 5.74) is 4.68. The highest BCUT2D eigenvalue weighted by molar-refractivity contribution is 6.04. The summed E-state index contributed by atoms with van der Waals surface area (Å²) < 4.78 is 11.3. The Morgan fingerprint density at radius 1 is 1.06 bits per heavy atom. The zero-order valence-corrected chi connectivity index (χ0v) is 19.7. The molecule has 1 aliphatic heterocycles. The van der Waals surface area contributed by atoms with E-state index >= 15 is 0 Å². The van der Waals surface area contributed by atoms with Crippen LogP contribution in [-0.2, 0) is 14.3 Å². The molecule has 0 radical (unpaired) electrons. The Labute approximate surface area is 195 Å². The second-order valence-corrected chi connectivity index (χ2v) is 9.16. The summed E-state index contributed by atoms with van der Waals surface area (Å²) in [5.74, 6) is 0.0983. The van der Waals surface area contributed by atoms with Crippen molar-refractivity contribution in [2.24, 2.45) is 5.92 Å². The molecule has 1 N–H and O–H groups in total. The van der Waals surface area contributed by atoms with Crippen molar-refractivity contribution in [2.75, 3.05) is 13.7 Å². The molecule has 5 heteroatoms. The Morgan fingerprint density at radius 3 is 2.45 bits per heavy atom. The predicted molar refractivity (Wildman–Crippen MR) is 128 cm³/mol. The molecule has 2 atom stereocenters. The summed E-state index contributed by atoms with van der Waals surface area (Å²) in [7, 11) is 1.61. The van der Waals surface area contributed by atoms with Crippen molar-refractivity contribution in [1.82, 2.24) is 5.32 Å².